The Morgan fingerprint density at radius 1 is 1.43 bits per heavy atom. The van der Waals surface area contributed by atoms with Gasteiger partial charge in [0.2, 0.25) is 0 Å². The topological polar surface area (TPSA) is 78.2 Å². The first-order chi connectivity index (χ1) is 5.96. The second-order valence-electron chi connectivity index (χ2n) is 2.20. The van der Waals surface area contributed by atoms with Gasteiger partial charge in [0.25, 0.3) is 10.1 Å². The van der Waals surface area contributed by atoms with Crippen molar-refractivity contribution in [2.24, 2.45) is 0 Å². The van der Waals surface area contributed by atoms with Crippen molar-refractivity contribution in [1.82, 2.24) is 0 Å². The summed E-state index contributed by atoms with van der Waals surface area (Å²) in [6.07, 6.45) is 0. The van der Waals surface area contributed by atoms with Crippen molar-refractivity contribution in [3.63, 3.8) is 0 Å². The Kier molecular flexibility index (Phi) is 4.55. The zero-order chi connectivity index (χ0) is 10.1. The fourth-order valence-electron chi connectivity index (χ4n) is 0.828. The Labute approximate surface area is 95.8 Å². The van der Waals surface area contributed by atoms with Gasteiger partial charge in [0.1, 0.15) is 11.0 Å². The molecule has 0 heterocycles. The van der Waals surface area contributed by atoms with Crippen molar-refractivity contribution in [2.45, 2.75) is 4.90 Å². The Hall–Kier alpha value is -0.610. The summed E-state index contributed by atoms with van der Waals surface area (Å²) in [7, 11) is -4.32. The summed E-state index contributed by atoms with van der Waals surface area (Å²) in [5, 5.41) is 8.61. The summed E-state index contributed by atoms with van der Waals surface area (Å²) in [5.74, 6) is 0. The molecule has 0 amide bonds. The molecule has 0 saturated carbocycles. The van der Waals surface area contributed by atoms with Crippen LogP contribution in [-0.4, -0.2) is 13.0 Å². The third kappa shape index (κ3) is 2.69. The number of rotatable bonds is 1. The van der Waals surface area contributed by atoms with Crippen LogP contribution < -0.4 is 0 Å². The van der Waals surface area contributed by atoms with Gasteiger partial charge in [-0.05, 0) is 28.1 Å². The summed E-state index contributed by atoms with van der Waals surface area (Å²) in [4.78, 5) is -0.385. The van der Waals surface area contributed by atoms with Gasteiger partial charge in [0, 0.05) is 4.47 Å². The van der Waals surface area contributed by atoms with E-state index in [4.69, 9.17) is 9.81 Å². The minimum atomic E-state index is -4.32. The average Bonchev–Trinajstić information content (AvgIpc) is 2.02. The van der Waals surface area contributed by atoms with Crippen LogP contribution in [0.3, 0.4) is 0 Å². The van der Waals surface area contributed by atoms with Crippen LogP contribution in [0.4, 0.5) is 0 Å². The monoisotopic (exact) mass is 297 g/mol. The molecule has 7 heteroatoms. The van der Waals surface area contributed by atoms with E-state index in [0.717, 1.165) is 0 Å². The fourth-order valence-corrected chi connectivity index (χ4v) is 2.08. The van der Waals surface area contributed by atoms with Crippen molar-refractivity contribution >= 4 is 38.5 Å². The van der Waals surface area contributed by atoms with Crippen LogP contribution in [0.25, 0.3) is 0 Å². The molecule has 76 valence electrons. The van der Waals surface area contributed by atoms with Crippen molar-refractivity contribution in [3.8, 4) is 6.07 Å². The molecule has 14 heavy (non-hydrogen) atoms. The lowest BCUT2D eigenvalue weighted by molar-refractivity contribution is 0.483. The Morgan fingerprint density at radius 2 is 2.00 bits per heavy atom. The predicted octanol–water partition coefficient (Wildman–Crippen LogP) is 1.99. The fraction of sp³-hybridized carbons (Fsp3) is 0. The van der Waals surface area contributed by atoms with Crippen molar-refractivity contribution in [3.05, 3.63) is 28.2 Å². The quantitative estimate of drug-likeness (QED) is 0.804. The molecule has 0 aliphatic rings. The number of benzene rings is 1. The van der Waals surface area contributed by atoms with Gasteiger partial charge in [0.05, 0.1) is 5.56 Å². The standard InChI is InChI=1S/C7H4BrNO3S.ClH/c8-6-2-1-3-7(5(6)4-9)13(10,11)12;/h1-3H,(H,10,11,12);1H. The van der Waals surface area contributed by atoms with Crippen molar-refractivity contribution in [1.29, 1.82) is 5.26 Å². The van der Waals surface area contributed by atoms with E-state index in [2.05, 4.69) is 15.9 Å². The van der Waals surface area contributed by atoms with E-state index in [1.54, 1.807) is 6.07 Å². The minimum Gasteiger partial charge on any atom is -0.282 e. The number of hydrogen-bond donors (Lipinski definition) is 1. The smallest absolute Gasteiger partial charge is 0.282 e. The number of nitriles is 1. The van der Waals surface area contributed by atoms with Gasteiger partial charge < -0.3 is 0 Å². The van der Waals surface area contributed by atoms with Crippen LogP contribution in [-0.2, 0) is 10.1 Å². The average molecular weight is 299 g/mol. The molecule has 0 radical (unpaired) electrons. The van der Waals surface area contributed by atoms with E-state index in [1.165, 1.54) is 18.2 Å². The SMILES string of the molecule is Cl.N#Cc1c(Br)cccc1S(=O)(=O)O. The third-order valence-electron chi connectivity index (χ3n) is 1.37. The largest absolute Gasteiger partial charge is 0.295 e. The van der Waals surface area contributed by atoms with Gasteiger partial charge in [0.15, 0.2) is 0 Å². The highest BCUT2D eigenvalue weighted by Gasteiger charge is 2.16. The molecule has 1 aromatic carbocycles. The summed E-state index contributed by atoms with van der Waals surface area (Å²) in [5.41, 5.74) is -0.0926. The lowest BCUT2D eigenvalue weighted by Crippen LogP contribution is -2.01. The zero-order valence-electron chi connectivity index (χ0n) is 6.64. The molecule has 0 aliphatic carbocycles. The molecule has 1 aromatic rings. The van der Waals surface area contributed by atoms with E-state index in [1.807, 2.05) is 0 Å². The molecule has 0 saturated heterocycles. The maximum Gasteiger partial charge on any atom is 0.295 e. The van der Waals surface area contributed by atoms with Crippen LogP contribution in [0, 0.1) is 11.3 Å². The molecule has 1 N–H and O–H groups in total. The lowest BCUT2D eigenvalue weighted by Gasteiger charge is -2.00. The maximum absolute atomic E-state index is 10.7. The molecule has 0 aromatic heterocycles. The van der Waals surface area contributed by atoms with E-state index < -0.39 is 10.1 Å². The normalized spacial score (nSPS) is 10.1. The molecule has 0 bridgehead atoms. The second kappa shape index (κ2) is 4.75. The van der Waals surface area contributed by atoms with Gasteiger partial charge in [-0.25, -0.2) is 0 Å². The predicted molar refractivity (Wildman–Crippen MR) is 55.9 cm³/mol. The van der Waals surface area contributed by atoms with Gasteiger partial charge in [-0.1, -0.05) is 6.07 Å². The van der Waals surface area contributed by atoms with E-state index in [-0.39, 0.29) is 22.9 Å². The maximum atomic E-state index is 10.7. The molecule has 1 rings (SSSR count). The van der Waals surface area contributed by atoms with Crippen molar-refractivity contribution in [2.75, 3.05) is 0 Å². The molecule has 0 fully saturated rings. The zero-order valence-corrected chi connectivity index (χ0v) is 9.86. The van der Waals surface area contributed by atoms with Gasteiger partial charge in [-0.3, -0.25) is 4.55 Å². The summed E-state index contributed by atoms with van der Waals surface area (Å²) in [6, 6.07) is 5.80. The van der Waals surface area contributed by atoms with Gasteiger partial charge in [-0.15, -0.1) is 12.4 Å². The molecule has 0 atom stereocenters. The van der Waals surface area contributed by atoms with E-state index >= 15 is 0 Å². The van der Waals surface area contributed by atoms with Crippen LogP contribution in [0.1, 0.15) is 5.56 Å². The Bertz CT molecular complexity index is 480. The molecule has 4 nitrogen and oxygen atoms in total. The molecule has 0 aliphatic heterocycles. The molecule has 0 unspecified atom stereocenters. The van der Waals surface area contributed by atoms with E-state index in [0.29, 0.717) is 4.47 Å². The highest BCUT2D eigenvalue weighted by atomic mass is 79.9. The first-order valence-electron chi connectivity index (χ1n) is 3.13. The van der Waals surface area contributed by atoms with Crippen molar-refractivity contribution < 1.29 is 13.0 Å². The van der Waals surface area contributed by atoms with E-state index in [9.17, 15) is 8.42 Å². The number of nitrogens with zero attached hydrogens (tertiary/aromatic N) is 1. The number of hydrogen-bond acceptors (Lipinski definition) is 3. The Morgan fingerprint density at radius 3 is 2.36 bits per heavy atom. The minimum absolute atomic E-state index is 0. The van der Waals surface area contributed by atoms with Crippen LogP contribution in [0.2, 0.25) is 0 Å². The Balaban J connectivity index is 0.00000169. The third-order valence-corrected chi connectivity index (χ3v) is 2.92. The summed E-state index contributed by atoms with van der Waals surface area (Å²) < 4.78 is 30.6. The highest BCUT2D eigenvalue weighted by molar-refractivity contribution is 9.10. The lowest BCUT2D eigenvalue weighted by atomic mass is 10.2. The second-order valence-corrected chi connectivity index (χ2v) is 4.44. The first-order valence-corrected chi connectivity index (χ1v) is 5.36. The molecular formula is C7H5BrClNO3S. The first kappa shape index (κ1) is 13.4. The molecule has 0 spiro atoms. The van der Waals surface area contributed by atoms with Crippen LogP contribution in [0.5, 0.6) is 0 Å². The summed E-state index contributed by atoms with van der Waals surface area (Å²) in [6.45, 7) is 0. The van der Waals surface area contributed by atoms with Gasteiger partial charge in [-0.2, -0.15) is 13.7 Å². The van der Waals surface area contributed by atoms with Crippen LogP contribution >= 0.6 is 28.3 Å². The van der Waals surface area contributed by atoms with Gasteiger partial charge >= 0.3 is 0 Å². The highest BCUT2D eigenvalue weighted by Crippen LogP contribution is 2.22. The number of halogens is 2. The molecular weight excluding hydrogens is 294 g/mol. The van der Waals surface area contributed by atoms with Crippen LogP contribution in [0.15, 0.2) is 27.6 Å². The summed E-state index contributed by atoms with van der Waals surface area (Å²) >= 11 is 3.00.